The first-order valence-corrected chi connectivity index (χ1v) is 6.75. The van der Waals surface area contributed by atoms with Crippen LogP contribution in [-0.4, -0.2) is 30.3 Å². The van der Waals surface area contributed by atoms with E-state index in [1.54, 1.807) is 32.2 Å². The molecular weight excluding hydrogens is 286 g/mol. The Morgan fingerprint density at radius 2 is 2.00 bits per heavy atom. The number of nitrogens with one attached hydrogen (secondary N) is 2. The van der Waals surface area contributed by atoms with E-state index < -0.39 is 11.8 Å². The fourth-order valence-corrected chi connectivity index (χ4v) is 2.55. The summed E-state index contributed by atoms with van der Waals surface area (Å²) in [5, 5.41) is 5.29. The van der Waals surface area contributed by atoms with E-state index in [2.05, 4.69) is 10.2 Å². The largest absolute Gasteiger partial charge is 0.497 e. The fourth-order valence-electron chi connectivity index (χ4n) is 2.55. The van der Waals surface area contributed by atoms with Crippen LogP contribution in [0.25, 0.3) is 0 Å². The number of aromatic amines is 2. The van der Waals surface area contributed by atoms with E-state index in [1.165, 1.54) is 7.11 Å². The number of carbonyl (C=O) groups is 1. The molecule has 2 aromatic rings. The number of rotatable bonds is 6. The number of hydrogen-bond donors (Lipinski definition) is 3. The number of benzene rings is 1. The molecule has 0 aliphatic heterocycles. The van der Waals surface area contributed by atoms with Gasteiger partial charge in [0.25, 0.3) is 5.56 Å². The molecule has 0 spiro atoms. The third-order valence-electron chi connectivity index (χ3n) is 3.58. The molecule has 0 saturated heterocycles. The van der Waals surface area contributed by atoms with Crippen molar-refractivity contribution in [1.82, 2.24) is 10.2 Å². The Labute approximate surface area is 127 Å². The minimum Gasteiger partial charge on any atom is -0.497 e. The molecule has 0 aliphatic carbocycles. The predicted molar refractivity (Wildman–Crippen MR) is 81.4 cm³/mol. The van der Waals surface area contributed by atoms with E-state index in [1.807, 2.05) is 0 Å². The summed E-state index contributed by atoms with van der Waals surface area (Å²) in [6.45, 7) is 1.76. The maximum atomic E-state index is 12.1. The molecule has 1 amide bonds. The topological polar surface area (TPSA) is 110 Å². The molecule has 1 aromatic carbocycles. The Kier molecular flexibility index (Phi) is 4.55. The van der Waals surface area contributed by atoms with Gasteiger partial charge in [0.1, 0.15) is 11.5 Å². The second-order valence-electron chi connectivity index (χ2n) is 4.95. The quantitative estimate of drug-likeness (QED) is 0.740. The maximum absolute atomic E-state index is 12.1. The van der Waals surface area contributed by atoms with Gasteiger partial charge >= 0.3 is 0 Å². The molecule has 1 atom stereocenters. The molecule has 7 heteroatoms. The van der Waals surface area contributed by atoms with Crippen molar-refractivity contribution in [3.8, 4) is 11.5 Å². The molecule has 1 heterocycles. The van der Waals surface area contributed by atoms with Crippen molar-refractivity contribution < 1.29 is 14.3 Å². The summed E-state index contributed by atoms with van der Waals surface area (Å²) < 4.78 is 10.5. The first-order valence-electron chi connectivity index (χ1n) is 6.75. The second-order valence-corrected chi connectivity index (χ2v) is 4.95. The molecule has 0 fully saturated rings. The van der Waals surface area contributed by atoms with Crippen LogP contribution in [0.5, 0.6) is 11.5 Å². The van der Waals surface area contributed by atoms with Gasteiger partial charge in [-0.05, 0) is 13.0 Å². The SMILES string of the molecule is COc1ccc([C@@H](CC(N)=O)c2c(C)[nH][nH]c2=O)c(OC)c1. The zero-order chi connectivity index (χ0) is 16.3. The molecule has 22 heavy (non-hydrogen) atoms. The van der Waals surface area contributed by atoms with Gasteiger partial charge in [0.05, 0.1) is 14.2 Å². The Hall–Kier alpha value is -2.70. The van der Waals surface area contributed by atoms with Gasteiger partial charge < -0.3 is 20.3 Å². The molecule has 0 bridgehead atoms. The average molecular weight is 305 g/mol. The lowest BCUT2D eigenvalue weighted by Crippen LogP contribution is -2.21. The van der Waals surface area contributed by atoms with Gasteiger partial charge in [-0.15, -0.1) is 0 Å². The van der Waals surface area contributed by atoms with Crippen molar-refractivity contribution in [2.75, 3.05) is 14.2 Å². The number of amides is 1. The van der Waals surface area contributed by atoms with E-state index in [0.717, 1.165) is 0 Å². The summed E-state index contributed by atoms with van der Waals surface area (Å²) >= 11 is 0. The monoisotopic (exact) mass is 305 g/mol. The Morgan fingerprint density at radius 1 is 1.27 bits per heavy atom. The molecule has 0 radical (unpaired) electrons. The van der Waals surface area contributed by atoms with E-state index in [0.29, 0.717) is 28.3 Å². The van der Waals surface area contributed by atoms with E-state index >= 15 is 0 Å². The lowest BCUT2D eigenvalue weighted by atomic mass is 9.87. The smallest absolute Gasteiger partial charge is 0.267 e. The molecular formula is C15H19N3O4. The van der Waals surface area contributed by atoms with Crippen LogP contribution in [0.15, 0.2) is 23.0 Å². The number of aromatic nitrogens is 2. The fraction of sp³-hybridized carbons (Fsp3) is 0.333. The third-order valence-corrected chi connectivity index (χ3v) is 3.58. The van der Waals surface area contributed by atoms with Gasteiger partial charge in [0.15, 0.2) is 0 Å². The van der Waals surface area contributed by atoms with Crippen LogP contribution in [-0.2, 0) is 4.79 Å². The van der Waals surface area contributed by atoms with E-state index in [4.69, 9.17) is 15.2 Å². The van der Waals surface area contributed by atoms with Crippen LogP contribution < -0.4 is 20.8 Å². The number of methoxy groups -OCH3 is 2. The van der Waals surface area contributed by atoms with Crippen LogP contribution in [0.1, 0.15) is 29.2 Å². The van der Waals surface area contributed by atoms with Gasteiger partial charge in [-0.25, -0.2) is 0 Å². The number of nitrogens with two attached hydrogens (primary N) is 1. The number of hydrogen-bond acceptors (Lipinski definition) is 4. The van der Waals surface area contributed by atoms with Crippen molar-refractivity contribution >= 4 is 5.91 Å². The summed E-state index contributed by atoms with van der Waals surface area (Å²) in [4.78, 5) is 23.5. The highest BCUT2D eigenvalue weighted by molar-refractivity contribution is 5.76. The van der Waals surface area contributed by atoms with Crippen LogP contribution >= 0.6 is 0 Å². The molecule has 0 saturated carbocycles. The number of aryl methyl sites for hydroxylation is 1. The van der Waals surface area contributed by atoms with Crippen LogP contribution in [0, 0.1) is 6.92 Å². The highest BCUT2D eigenvalue weighted by atomic mass is 16.5. The number of H-pyrrole nitrogens is 2. The Balaban J connectivity index is 2.60. The van der Waals surface area contributed by atoms with Gasteiger partial charge in [-0.1, -0.05) is 6.07 Å². The zero-order valence-corrected chi connectivity index (χ0v) is 12.7. The standard InChI is InChI=1S/C15H19N3O4/c1-8-14(15(20)18-17-8)11(7-13(16)19)10-5-4-9(21-2)6-12(10)22-3/h4-6,11H,7H2,1-3H3,(H2,16,19)(H2,17,18,20)/t11-/m1/s1. The van der Waals surface area contributed by atoms with E-state index in [-0.39, 0.29) is 12.0 Å². The van der Waals surface area contributed by atoms with Crippen molar-refractivity contribution in [2.24, 2.45) is 5.73 Å². The summed E-state index contributed by atoms with van der Waals surface area (Å²) in [5.41, 5.74) is 6.92. The van der Waals surface area contributed by atoms with Gasteiger partial charge in [0, 0.05) is 35.2 Å². The summed E-state index contributed by atoms with van der Waals surface area (Å²) in [6, 6.07) is 5.23. The summed E-state index contributed by atoms with van der Waals surface area (Å²) in [6.07, 6.45) is 0.00443. The van der Waals surface area contributed by atoms with Gasteiger partial charge in [-0.3, -0.25) is 14.7 Å². The first kappa shape index (κ1) is 15.7. The minimum atomic E-state index is -0.497. The third kappa shape index (κ3) is 2.98. The second kappa shape index (κ2) is 6.38. The molecule has 0 aliphatic rings. The van der Waals surface area contributed by atoms with Crippen molar-refractivity contribution in [3.63, 3.8) is 0 Å². The molecule has 1 aromatic heterocycles. The van der Waals surface area contributed by atoms with Gasteiger partial charge in [-0.2, -0.15) is 0 Å². The molecule has 4 N–H and O–H groups in total. The molecule has 7 nitrogen and oxygen atoms in total. The predicted octanol–water partition coefficient (Wildman–Crippen LogP) is 1.04. The maximum Gasteiger partial charge on any atom is 0.267 e. The van der Waals surface area contributed by atoms with Crippen LogP contribution in [0.4, 0.5) is 0 Å². The van der Waals surface area contributed by atoms with Crippen molar-refractivity contribution in [1.29, 1.82) is 0 Å². The first-order chi connectivity index (χ1) is 10.5. The Morgan fingerprint density at radius 3 is 2.50 bits per heavy atom. The lowest BCUT2D eigenvalue weighted by molar-refractivity contribution is -0.118. The molecule has 2 rings (SSSR count). The molecule has 0 unspecified atom stereocenters. The lowest BCUT2D eigenvalue weighted by Gasteiger charge is -2.18. The average Bonchev–Trinajstić information content (AvgIpc) is 2.83. The van der Waals surface area contributed by atoms with Crippen molar-refractivity contribution in [2.45, 2.75) is 19.3 Å². The van der Waals surface area contributed by atoms with Crippen LogP contribution in [0.3, 0.4) is 0 Å². The van der Waals surface area contributed by atoms with E-state index in [9.17, 15) is 9.59 Å². The number of carbonyl (C=O) groups excluding carboxylic acids is 1. The number of ether oxygens (including phenoxy) is 2. The Bertz CT molecular complexity index is 733. The number of primary amides is 1. The normalized spacial score (nSPS) is 12.0. The van der Waals surface area contributed by atoms with Crippen LogP contribution in [0.2, 0.25) is 0 Å². The highest BCUT2D eigenvalue weighted by Crippen LogP contribution is 2.36. The van der Waals surface area contributed by atoms with Crippen molar-refractivity contribution in [3.05, 3.63) is 45.4 Å². The molecule has 118 valence electrons. The summed E-state index contributed by atoms with van der Waals surface area (Å²) in [7, 11) is 3.07. The highest BCUT2D eigenvalue weighted by Gasteiger charge is 2.26. The zero-order valence-electron chi connectivity index (χ0n) is 12.7. The van der Waals surface area contributed by atoms with Gasteiger partial charge in [0.2, 0.25) is 5.91 Å². The summed E-state index contributed by atoms with van der Waals surface area (Å²) in [5.74, 6) is 0.167. The minimum absolute atomic E-state index is 0.00443.